The summed E-state index contributed by atoms with van der Waals surface area (Å²) in [6.07, 6.45) is 3.58. The highest BCUT2D eigenvalue weighted by molar-refractivity contribution is 9.10. The molecule has 3 N–H and O–H groups in total. The van der Waals surface area contributed by atoms with Gasteiger partial charge in [-0.05, 0) is 22.0 Å². The monoisotopic (exact) mass is 227 g/mol. The van der Waals surface area contributed by atoms with Gasteiger partial charge in [0.2, 0.25) is 0 Å². The Morgan fingerprint density at radius 2 is 2.25 bits per heavy atom. The molecule has 0 bridgehead atoms. The van der Waals surface area contributed by atoms with Crippen molar-refractivity contribution in [2.45, 2.75) is 0 Å². The fourth-order valence-electron chi connectivity index (χ4n) is 0.862. The Bertz CT molecular complexity index is 297. The first kappa shape index (κ1) is 9.29. The van der Waals surface area contributed by atoms with Crippen LogP contribution < -0.4 is 5.73 Å². The molecule has 0 aliphatic rings. The van der Waals surface area contributed by atoms with Gasteiger partial charge in [-0.15, -0.1) is 0 Å². The van der Waals surface area contributed by atoms with Crippen molar-refractivity contribution in [1.82, 2.24) is 0 Å². The number of benzene rings is 1. The molecular weight excluding hydrogens is 218 g/mol. The van der Waals surface area contributed by atoms with Gasteiger partial charge in [-0.25, -0.2) is 0 Å². The average Bonchev–Trinajstić information content (AvgIpc) is 2.08. The quantitative estimate of drug-likeness (QED) is 0.814. The van der Waals surface area contributed by atoms with Crippen LogP contribution in [0.4, 0.5) is 0 Å². The number of halogens is 1. The lowest BCUT2D eigenvalue weighted by Gasteiger charge is -1.99. The minimum Gasteiger partial charge on any atom is -0.506 e. The highest BCUT2D eigenvalue weighted by Crippen LogP contribution is 2.27. The van der Waals surface area contributed by atoms with Gasteiger partial charge in [-0.1, -0.05) is 24.3 Å². The van der Waals surface area contributed by atoms with Crippen LogP contribution >= 0.6 is 15.9 Å². The molecule has 3 heteroatoms. The molecule has 0 saturated heterocycles. The van der Waals surface area contributed by atoms with Crippen LogP contribution in [-0.2, 0) is 0 Å². The maximum Gasteiger partial charge on any atom is 0.136 e. The fraction of sp³-hybridized carbons (Fsp3) is 0.111. The molecule has 1 aromatic rings. The van der Waals surface area contributed by atoms with Gasteiger partial charge >= 0.3 is 0 Å². The van der Waals surface area contributed by atoms with E-state index in [1.54, 1.807) is 18.2 Å². The van der Waals surface area contributed by atoms with Gasteiger partial charge in [0.25, 0.3) is 0 Å². The molecule has 0 radical (unpaired) electrons. The van der Waals surface area contributed by atoms with Gasteiger partial charge in [0.05, 0.1) is 4.47 Å². The molecule has 12 heavy (non-hydrogen) atoms. The van der Waals surface area contributed by atoms with E-state index in [4.69, 9.17) is 5.73 Å². The van der Waals surface area contributed by atoms with Crippen molar-refractivity contribution in [3.05, 3.63) is 34.3 Å². The number of nitrogens with two attached hydrogens (primary N) is 1. The average molecular weight is 228 g/mol. The van der Waals surface area contributed by atoms with E-state index in [9.17, 15) is 5.11 Å². The molecule has 2 nitrogen and oxygen atoms in total. The third-order valence-electron chi connectivity index (χ3n) is 1.45. The molecule has 0 aromatic heterocycles. The molecule has 0 unspecified atom stereocenters. The van der Waals surface area contributed by atoms with Crippen LogP contribution in [0.15, 0.2) is 28.7 Å². The maximum absolute atomic E-state index is 9.49. The Labute approximate surface area is 79.8 Å². The Morgan fingerprint density at radius 3 is 2.92 bits per heavy atom. The summed E-state index contributed by atoms with van der Waals surface area (Å²) in [4.78, 5) is 0. The molecule has 0 spiro atoms. The lowest BCUT2D eigenvalue weighted by Crippen LogP contribution is -1.91. The number of hydrogen-bond donors (Lipinski definition) is 2. The normalized spacial score (nSPS) is 10.8. The van der Waals surface area contributed by atoms with Gasteiger partial charge < -0.3 is 10.8 Å². The Morgan fingerprint density at radius 1 is 1.50 bits per heavy atom. The van der Waals surface area contributed by atoms with E-state index in [1.165, 1.54) is 0 Å². The molecule has 0 amide bonds. The van der Waals surface area contributed by atoms with E-state index in [2.05, 4.69) is 15.9 Å². The predicted molar refractivity (Wildman–Crippen MR) is 53.9 cm³/mol. The Hall–Kier alpha value is -0.800. The molecule has 64 valence electrons. The third kappa shape index (κ3) is 2.09. The number of rotatable bonds is 2. The van der Waals surface area contributed by atoms with Gasteiger partial charge in [0, 0.05) is 12.1 Å². The fourth-order valence-corrected chi connectivity index (χ4v) is 1.24. The summed E-state index contributed by atoms with van der Waals surface area (Å²) >= 11 is 3.22. The van der Waals surface area contributed by atoms with Gasteiger partial charge in [-0.3, -0.25) is 0 Å². The third-order valence-corrected chi connectivity index (χ3v) is 2.09. The minimum absolute atomic E-state index is 0.252. The molecule has 0 aliphatic carbocycles. The van der Waals surface area contributed by atoms with Crippen molar-refractivity contribution in [3.63, 3.8) is 0 Å². The molecule has 0 heterocycles. The Balaban J connectivity index is 3.00. The Kier molecular flexibility index (Phi) is 3.31. The largest absolute Gasteiger partial charge is 0.506 e. The molecular formula is C9H10BrNO. The SMILES string of the molecule is NCC=Cc1cccc(Br)c1O. The van der Waals surface area contributed by atoms with E-state index >= 15 is 0 Å². The molecule has 1 rings (SSSR count). The van der Waals surface area contributed by atoms with Crippen LogP contribution in [0.2, 0.25) is 0 Å². The van der Waals surface area contributed by atoms with E-state index in [1.807, 2.05) is 12.1 Å². The predicted octanol–water partition coefficient (Wildman–Crippen LogP) is 2.13. The number of aromatic hydroxyl groups is 1. The topological polar surface area (TPSA) is 46.2 Å². The first-order valence-corrected chi connectivity index (χ1v) is 4.39. The second-order valence-corrected chi connectivity index (χ2v) is 3.17. The van der Waals surface area contributed by atoms with Crippen molar-refractivity contribution in [2.24, 2.45) is 5.73 Å². The highest BCUT2D eigenvalue weighted by Gasteiger charge is 1.99. The van der Waals surface area contributed by atoms with Crippen LogP contribution in [0, 0.1) is 0 Å². The number of hydrogen-bond acceptors (Lipinski definition) is 2. The summed E-state index contributed by atoms with van der Waals surface area (Å²) in [7, 11) is 0. The first-order valence-electron chi connectivity index (χ1n) is 3.60. The lowest BCUT2D eigenvalue weighted by atomic mass is 10.2. The van der Waals surface area contributed by atoms with Crippen LogP contribution in [0.1, 0.15) is 5.56 Å². The summed E-state index contributed by atoms with van der Waals surface area (Å²) in [5.41, 5.74) is 6.06. The number of phenolic OH excluding ortho intramolecular Hbond substituents is 1. The molecule has 1 aromatic carbocycles. The molecule has 0 atom stereocenters. The van der Waals surface area contributed by atoms with Crippen molar-refractivity contribution >= 4 is 22.0 Å². The van der Waals surface area contributed by atoms with Crippen LogP contribution in [0.5, 0.6) is 5.75 Å². The zero-order valence-corrected chi connectivity index (χ0v) is 8.08. The lowest BCUT2D eigenvalue weighted by molar-refractivity contribution is 0.470. The summed E-state index contributed by atoms with van der Waals surface area (Å²) in [5.74, 6) is 0.252. The summed E-state index contributed by atoms with van der Waals surface area (Å²) in [6, 6.07) is 5.47. The second-order valence-electron chi connectivity index (χ2n) is 2.32. The van der Waals surface area contributed by atoms with Crippen molar-refractivity contribution in [3.8, 4) is 5.75 Å². The molecule has 0 fully saturated rings. The van der Waals surface area contributed by atoms with Crippen LogP contribution in [-0.4, -0.2) is 11.7 Å². The standard InChI is InChI=1S/C9H10BrNO/c10-8-5-1-3-7(9(8)12)4-2-6-11/h1-5,12H,6,11H2. The van der Waals surface area contributed by atoms with E-state index < -0.39 is 0 Å². The summed E-state index contributed by atoms with van der Waals surface area (Å²) in [5, 5.41) is 9.49. The van der Waals surface area contributed by atoms with E-state index in [0.29, 0.717) is 11.0 Å². The molecule has 0 aliphatic heterocycles. The maximum atomic E-state index is 9.49. The smallest absolute Gasteiger partial charge is 0.136 e. The van der Waals surface area contributed by atoms with E-state index in [0.717, 1.165) is 5.56 Å². The van der Waals surface area contributed by atoms with Crippen LogP contribution in [0.25, 0.3) is 6.08 Å². The summed E-state index contributed by atoms with van der Waals surface area (Å²) < 4.78 is 0.696. The zero-order chi connectivity index (χ0) is 8.97. The number of phenols is 1. The highest BCUT2D eigenvalue weighted by atomic mass is 79.9. The first-order chi connectivity index (χ1) is 5.75. The zero-order valence-electron chi connectivity index (χ0n) is 6.50. The number of para-hydroxylation sites is 1. The van der Waals surface area contributed by atoms with Gasteiger partial charge in [0.1, 0.15) is 5.75 Å². The van der Waals surface area contributed by atoms with E-state index in [-0.39, 0.29) is 5.75 Å². The van der Waals surface area contributed by atoms with Crippen molar-refractivity contribution < 1.29 is 5.11 Å². The summed E-state index contributed by atoms with van der Waals surface area (Å²) in [6.45, 7) is 0.478. The second kappa shape index (κ2) is 4.28. The molecule has 0 saturated carbocycles. The van der Waals surface area contributed by atoms with Crippen molar-refractivity contribution in [2.75, 3.05) is 6.54 Å². The van der Waals surface area contributed by atoms with Gasteiger partial charge in [0.15, 0.2) is 0 Å². The van der Waals surface area contributed by atoms with Crippen molar-refractivity contribution in [1.29, 1.82) is 0 Å². The van der Waals surface area contributed by atoms with Gasteiger partial charge in [-0.2, -0.15) is 0 Å². The van der Waals surface area contributed by atoms with Crippen LogP contribution in [0.3, 0.4) is 0 Å². The minimum atomic E-state index is 0.252.